The van der Waals surface area contributed by atoms with Gasteiger partial charge >= 0.3 is 0 Å². The third kappa shape index (κ3) is 13.6. The molecular formula is C24H45N15O4. The van der Waals surface area contributed by atoms with E-state index in [1.165, 1.54) is 0 Å². The van der Waals surface area contributed by atoms with Crippen LogP contribution in [0.15, 0.2) is 9.98 Å². The molecule has 1 aromatic heterocycles. The fraction of sp³-hybridized carbons (Fsp3) is 0.583. The first-order valence-corrected chi connectivity index (χ1v) is 13.7. The summed E-state index contributed by atoms with van der Waals surface area (Å²) in [5.41, 5.74) is 43.6. The van der Waals surface area contributed by atoms with E-state index in [0.29, 0.717) is 25.8 Å². The van der Waals surface area contributed by atoms with E-state index in [2.05, 4.69) is 35.9 Å². The van der Waals surface area contributed by atoms with Crippen molar-refractivity contribution in [3.8, 4) is 0 Å². The maximum absolute atomic E-state index is 13.1. The second-order valence-electron chi connectivity index (χ2n) is 9.48. The van der Waals surface area contributed by atoms with Gasteiger partial charge < -0.3 is 61.8 Å². The van der Waals surface area contributed by atoms with E-state index in [-0.39, 0.29) is 98.9 Å². The van der Waals surface area contributed by atoms with Gasteiger partial charge in [-0.2, -0.15) is 0 Å². The lowest BCUT2D eigenvalue weighted by Crippen LogP contribution is -2.41. The Balaban J connectivity index is 3.00. The highest BCUT2D eigenvalue weighted by Gasteiger charge is 2.27. The van der Waals surface area contributed by atoms with Crippen LogP contribution < -0.4 is 61.8 Å². The molecule has 0 saturated carbocycles. The normalized spacial score (nSPS) is 12.0. The Morgan fingerprint density at radius 3 is 1.67 bits per heavy atom. The average Bonchev–Trinajstić information content (AvgIpc) is 2.95. The summed E-state index contributed by atoms with van der Waals surface area (Å²) < 4.78 is 0. The molecule has 0 aliphatic carbocycles. The molecule has 19 heteroatoms. The van der Waals surface area contributed by atoms with E-state index in [1.54, 1.807) is 0 Å². The summed E-state index contributed by atoms with van der Waals surface area (Å²) in [6.07, 6.45) is 1.28. The smallest absolute Gasteiger partial charge is 0.273 e. The Bertz CT molecular complexity index is 1150. The molecule has 0 aliphatic heterocycles. The Kier molecular flexibility index (Phi) is 16.3. The van der Waals surface area contributed by atoms with E-state index in [1.807, 2.05) is 0 Å². The third-order valence-electron chi connectivity index (χ3n) is 6.01. The first kappa shape index (κ1) is 36.2. The van der Waals surface area contributed by atoms with Crippen molar-refractivity contribution in [1.29, 1.82) is 0 Å². The van der Waals surface area contributed by atoms with Gasteiger partial charge in [-0.15, -0.1) is 0 Å². The Morgan fingerprint density at radius 2 is 1.16 bits per heavy atom. The first-order valence-electron chi connectivity index (χ1n) is 13.7. The molecule has 2 atom stereocenters. The minimum Gasteiger partial charge on any atom is -0.382 e. The molecule has 0 bridgehead atoms. The van der Waals surface area contributed by atoms with Gasteiger partial charge in [-0.05, 0) is 25.7 Å². The van der Waals surface area contributed by atoms with E-state index in [4.69, 9.17) is 45.9 Å². The minimum atomic E-state index is -0.756. The van der Waals surface area contributed by atoms with Gasteiger partial charge in [-0.25, -0.2) is 9.97 Å². The second-order valence-corrected chi connectivity index (χ2v) is 9.48. The Hall–Kier alpha value is -4.78. The minimum absolute atomic E-state index is 0.0702. The standard InChI is InChI=1S/C24H45N15O4/c25-5-9-33-20(41)13(3-1-7-35-23(29)30)11-15(40)16-18(27)39-17(19(28)38-16)22(43)37-12-14(21(42)34-10-6-26)4-2-8-36-24(31)32/h13-14H,1-12,25-26H2,(H2,27,39)(H2,28,38)(H,33,41)(H,34,42)(H,37,43)(H4,29,30,35)(H4,31,32,36). The van der Waals surface area contributed by atoms with Crippen LogP contribution in [0.4, 0.5) is 11.6 Å². The lowest BCUT2D eigenvalue weighted by atomic mass is 9.94. The molecule has 0 spiro atoms. The number of nitrogens with one attached hydrogen (secondary N) is 3. The SMILES string of the molecule is NCCNC(=O)C(CCCN=C(N)N)CNC(=O)c1nc(N)c(C(=O)CC(CCCN=C(N)N)C(=O)NCCN)nc1N. The van der Waals surface area contributed by atoms with Crippen molar-refractivity contribution >= 4 is 47.1 Å². The van der Waals surface area contributed by atoms with Crippen molar-refractivity contribution in [2.75, 3.05) is 57.3 Å². The van der Waals surface area contributed by atoms with Crippen molar-refractivity contribution in [2.45, 2.75) is 32.1 Å². The number of hydrogen-bond donors (Lipinski definition) is 11. The molecule has 0 saturated heterocycles. The van der Waals surface area contributed by atoms with Crippen molar-refractivity contribution in [3.05, 3.63) is 11.4 Å². The Labute approximate surface area is 249 Å². The van der Waals surface area contributed by atoms with Gasteiger partial charge in [0.15, 0.2) is 40.7 Å². The summed E-state index contributed by atoms with van der Waals surface area (Å²) in [4.78, 5) is 66.9. The van der Waals surface area contributed by atoms with Crippen LogP contribution in [0.1, 0.15) is 53.1 Å². The number of nitrogens with two attached hydrogens (primary N) is 8. The maximum atomic E-state index is 13.1. The molecule has 1 rings (SSSR count). The summed E-state index contributed by atoms with van der Waals surface area (Å²) in [6, 6.07) is 0. The summed E-state index contributed by atoms with van der Waals surface area (Å²) in [5, 5.41) is 7.93. The molecular weight excluding hydrogens is 562 g/mol. The van der Waals surface area contributed by atoms with Gasteiger partial charge in [0, 0.05) is 58.2 Å². The maximum Gasteiger partial charge on any atom is 0.273 e. The highest BCUT2D eigenvalue weighted by Crippen LogP contribution is 2.20. The number of carbonyl (C=O) groups excluding carboxylic acids is 4. The number of aliphatic imine (C=N–C) groups is 2. The third-order valence-corrected chi connectivity index (χ3v) is 6.01. The zero-order valence-electron chi connectivity index (χ0n) is 24.2. The van der Waals surface area contributed by atoms with Crippen molar-refractivity contribution in [1.82, 2.24) is 25.9 Å². The number of rotatable bonds is 20. The molecule has 2 unspecified atom stereocenters. The van der Waals surface area contributed by atoms with Crippen LogP contribution in [0.5, 0.6) is 0 Å². The number of guanidine groups is 2. The number of aromatic nitrogens is 2. The predicted molar refractivity (Wildman–Crippen MR) is 163 cm³/mol. The van der Waals surface area contributed by atoms with Crippen LogP contribution in [0.25, 0.3) is 0 Å². The fourth-order valence-corrected chi connectivity index (χ4v) is 3.88. The summed E-state index contributed by atoms with van der Waals surface area (Å²) >= 11 is 0. The predicted octanol–water partition coefficient (Wildman–Crippen LogP) is -4.57. The van der Waals surface area contributed by atoms with Gasteiger partial charge in [0.05, 0.1) is 5.92 Å². The second kappa shape index (κ2) is 19.4. The highest BCUT2D eigenvalue weighted by atomic mass is 16.2. The number of Topliss-reactive ketones (excluding diaryl/α,β-unsaturated/α-hetero) is 1. The molecule has 1 heterocycles. The van der Waals surface area contributed by atoms with E-state index >= 15 is 0 Å². The number of hydrogen-bond acceptors (Lipinski definition) is 12. The zero-order valence-corrected chi connectivity index (χ0v) is 24.2. The molecule has 240 valence electrons. The van der Waals surface area contributed by atoms with Gasteiger partial charge in [-0.3, -0.25) is 29.2 Å². The van der Waals surface area contributed by atoms with E-state index in [9.17, 15) is 19.2 Å². The molecule has 0 aliphatic rings. The summed E-state index contributed by atoms with van der Waals surface area (Å²) in [7, 11) is 0. The quantitative estimate of drug-likeness (QED) is 0.0288. The molecule has 0 radical (unpaired) electrons. The Morgan fingerprint density at radius 1 is 0.698 bits per heavy atom. The number of nitrogens with zero attached hydrogens (tertiary/aromatic N) is 4. The van der Waals surface area contributed by atoms with Gasteiger partial charge in [0.1, 0.15) is 0 Å². The van der Waals surface area contributed by atoms with E-state index < -0.39 is 23.5 Å². The molecule has 3 amide bonds. The van der Waals surface area contributed by atoms with Crippen molar-refractivity contribution in [2.24, 2.45) is 56.2 Å². The number of ketones is 1. The van der Waals surface area contributed by atoms with Crippen molar-refractivity contribution in [3.63, 3.8) is 0 Å². The summed E-state index contributed by atoms with van der Waals surface area (Å²) in [5.74, 6) is -4.31. The molecule has 19 nitrogen and oxygen atoms in total. The lowest BCUT2D eigenvalue weighted by molar-refractivity contribution is -0.125. The number of anilines is 2. The molecule has 1 aromatic rings. The molecule has 19 N–H and O–H groups in total. The van der Waals surface area contributed by atoms with Crippen LogP contribution in [-0.2, 0) is 9.59 Å². The monoisotopic (exact) mass is 607 g/mol. The topological polar surface area (TPSA) is 363 Å². The lowest BCUT2D eigenvalue weighted by Gasteiger charge is -2.18. The molecule has 0 fully saturated rings. The average molecular weight is 608 g/mol. The van der Waals surface area contributed by atoms with Gasteiger partial charge in [0.25, 0.3) is 5.91 Å². The number of nitrogen functional groups attached to an aromatic ring is 2. The van der Waals surface area contributed by atoms with Crippen LogP contribution in [0.2, 0.25) is 0 Å². The highest BCUT2D eigenvalue weighted by molar-refractivity contribution is 6.03. The van der Waals surface area contributed by atoms with Crippen LogP contribution >= 0.6 is 0 Å². The largest absolute Gasteiger partial charge is 0.382 e. The number of amides is 3. The van der Waals surface area contributed by atoms with Crippen molar-refractivity contribution < 1.29 is 19.2 Å². The van der Waals surface area contributed by atoms with E-state index in [0.717, 1.165) is 0 Å². The fourth-order valence-electron chi connectivity index (χ4n) is 3.88. The zero-order chi connectivity index (χ0) is 32.4. The van der Waals surface area contributed by atoms with Gasteiger partial charge in [0.2, 0.25) is 11.8 Å². The first-order chi connectivity index (χ1) is 20.4. The van der Waals surface area contributed by atoms with Gasteiger partial charge in [-0.1, -0.05) is 0 Å². The van der Waals surface area contributed by atoms with Crippen LogP contribution in [-0.4, -0.2) is 91.2 Å². The molecule has 0 aromatic carbocycles. The number of carbonyl (C=O) groups is 4. The summed E-state index contributed by atoms with van der Waals surface area (Å²) in [6.45, 7) is 1.44. The molecule has 43 heavy (non-hydrogen) atoms. The van der Waals surface area contributed by atoms with Crippen LogP contribution in [0.3, 0.4) is 0 Å². The van der Waals surface area contributed by atoms with Crippen LogP contribution in [0, 0.1) is 11.8 Å².